The van der Waals surface area contributed by atoms with Gasteiger partial charge in [0.1, 0.15) is 11.8 Å². The van der Waals surface area contributed by atoms with Gasteiger partial charge in [0.05, 0.1) is 18.7 Å². The van der Waals surface area contributed by atoms with Crippen LogP contribution in [0.3, 0.4) is 0 Å². The molecule has 1 aliphatic heterocycles. The van der Waals surface area contributed by atoms with Crippen molar-refractivity contribution < 1.29 is 14.3 Å². The molecule has 0 spiro atoms. The van der Waals surface area contributed by atoms with Crippen molar-refractivity contribution in [3.05, 3.63) is 53.0 Å². The van der Waals surface area contributed by atoms with Gasteiger partial charge in [0.25, 0.3) is 5.91 Å². The highest BCUT2D eigenvalue weighted by Crippen LogP contribution is 2.33. The number of hydrogen-bond acceptors (Lipinski definition) is 4. The molecule has 2 aromatic rings. The van der Waals surface area contributed by atoms with Gasteiger partial charge in [0, 0.05) is 10.2 Å². The number of rotatable bonds is 5. The fraction of sp³-hybridized carbons (Fsp3) is 0.222. The lowest BCUT2D eigenvalue weighted by Gasteiger charge is -2.19. The molecule has 1 saturated heterocycles. The Hall–Kier alpha value is -2.34. The first-order chi connectivity index (χ1) is 11.6. The van der Waals surface area contributed by atoms with E-state index in [1.165, 1.54) is 4.90 Å². The number of carbonyl (C=O) groups excluding carboxylic acids is 2. The van der Waals surface area contributed by atoms with Gasteiger partial charge in [-0.25, -0.2) is 4.90 Å². The molecule has 5 nitrogen and oxygen atoms in total. The SMILES string of the molecule is CCOc1ccccc1N1C(=O)C[C@@H](Nc2ccccc2Br)C1=O. The minimum absolute atomic E-state index is 0.112. The van der Waals surface area contributed by atoms with Crippen LogP contribution >= 0.6 is 15.9 Å². The second-order valence-corrected chi connectivity index (χ2v) is 6.20. The van der Waals surface area contributed by atoms with E-state index in [9.17, 15) is 9.59 Å². The Balaban J connectivity index is 1.86. The first-order valence-corrected chi connectivity index (χ1v) is 8.50. The predicted octanol–water partition coefficient (Wildman–Crippen LogP) is 3.59. The van der Waals surface area contributed by atoms with Crippen LogP contribution in [0.1, 0.15) is 13.3 Å². The zero-order valence-corrected chi connectivity index (χ0v) is 14.7. The molecular formula is C18H17BrN2O3. The van der Waals surface area contributed by atoms with Gasteiger partial charge in [-0.1, -0.05) is 24.3 Å². The van der Waals surface area contributed by atoms with E-state index in [2.05, 4.69) is 21.2 Å². The number of ether oxygens (including phenoxy) is 1. The molecule has 0 aliphatic carbocycles. The third-order valence-corrected chi connectivity index (χ3v) is 4.45. The zero-order valence-electron chi connectivity index (χ0n) is 13.2. The molecule has 0 saturated carbocycles. The van der Waals surface area contributed by atoms with Crippen LogP contribution in [0.4, 0.5) is 11.4 Å². The van der Waals surface area contributed by atoms with Crippen molar-refractivity contribution in [2.75, 3.05) is 16.8 Å². The normalized spacial score (nSPS) is 17.2. The van der Waals surface area contributed by atoms with Crippen LogP contribution in [0.2, 0.25) is 0 Å². The molecule has 0 bridgehead atoms. The van der Waals surface area contributed by atoms with E-state index in [0.717, 1.165) is 10.2 Å². The molecule has 1 aliphatic rings. The molecule has 0 aromatic heterocycles. The van der Waals surface area contributed by atoms with E-state index in [4.69, 9.17) is 4.74 Å². The maximum Gasteiger partial charge on any atom is 0.256 e. The highest BCUT2D eigenvalue weighted by atomic mass is 79.9. The van der Waals surface area contributed by atoms with Crippen molar-refractivity contribution in [3.63, 3.8) is 0 Å². The van der Waals surface area contributed by atoms with Crippen LogP contribution in [-0.4, -0.2) is 24.5 Å². The highest BCUT2D eigenvalue weighted by molar-refractivity contribution is 9.10. The molecular weight excluding hydrogens is 372 g/mol. The van der Waals surface area contributed by atoms with Gasteiger partial charge < -0.3 is 10.1 Å². The van der Waals surface area contributed by atoms with Gasteiger partial charge in [-0.05, 0) is 47.1 Å². The van der Waals surface area contributed by atoms with Crippen molar-refractivity contribution in [1.82, 2.24) is 0 Å². The van der Waals surface area contributed by atoms with Crippen LogP contribution in [0.5, 0.6) is 5.75 Å². The Morgan fingerprint density at radius 1 is 1.17 bits per heavy atom. The van der Waals surface area contributed by atoms with Gasteiger partial charge in [0.2, 0.25) is 5.91 Å². The van der Waals surface area contributed by atoms with Crippen LogP contribution in [0.25, 0.3) is 0 Å². The van der Waals surface area contributed by atoms with Gasteiger partial charge in [0.15, 0.2) is 0 Å². The van der Waals surface area contributed by atoms with Crippen LogP contribution in [0.15, 0.2) is 53.0 Å². The molecule has 124 valence electrons. The summed E-state index contributed by atoms with van der Waals surface area (Å²) in [6, 6.07) is 14.0. The molecule has 2 aromatic carbocycles. The van der Waals surface area contributed by atoms with E-state index in [-0.39, 0.29) is 18.2 Å². The lowest BCUT2D eigenvalue weighted by molar-refractivity contribution is -0.121. The third-order valence-electron chi connectivity index (χ3n) is 3.76. The van der Waals surface area contributed by atoms with E-state index in [1.807, 2.05) is 37.3 Å². The zero-order chi connectivity index (χ0) is 17.1. The lowest BCUT2D eigenvalue weighted by Crippen LogP contribution is -2.35. The minimum Gasteiger partial charge on any atom is -0.492 e. The molecule has 24 heavy (non-hydrogen) atoms. The Bertz CT molecular complexity index is 778. The molecule has 0 unspecified atom stereocenters. The van der Waals surface area contributed by atoms with Crippen molar-refractivity contribution >= 4 is 39.1 Å². The average molecular weight is 389 g/mol. The molecule has 1 fully saturated rings. The number of nitrogens with one attached hydrogen (secondary N) is 1. The molecule has 0 radical (unpaired) electrons. The average Bonchev–Trinajstić information content (AvgIpc) is 2.85. The summed E-state index contributed by atoms with van der Waals surface area (Å²) in [6.07, 6.45) is 0.112. The number of imide groups is 1. The van der Waals surface area contributed by atoms with Gasteiger partial charge in [-0.2, -0.15) is 0 Å². The molecule has 6 heteroatoms. The number of hydrogen-bond donors (Lipinski definition) is 1. The van der Waals surface area contributed by atoms with Gasteiger partial charge in [-0.3, -0.25) is 9.59 Å². The summed E-state index contributed by atoms with van der Waals surface area (Å²) in [4.78, 5) is 26.4. The summed E-state index contributed by atoms with van der Waals surface area (Å²) in [7, 11) is 0. The van der Waals surface area contributed by atoms with Crippen LogP contribution < -0.4 is 15.0 Å². The lowest BCUT2D eigenvalue weighted by atomic mass is 10.2. The molecule has 1 atom stereocenters. The Labute approximate surface area is 148 Å². The number of carbonyl (C=O) groups is 2. The maximum absolute atomic E-state index is 12.8. The standard InChI is InChI=1S/C18H17BrN2O3/c1-2-24-16-10-6-5-9-15(16)21-17(22)11-14(18(21)23)20-13-8-4-3-7-12(13)19/h3-10,14,20H,2,11H2,1H3/t14-/m1/s1. The number of benzene rings is 2. The molecule has 1 N–H and O–H groups in total. The first-order valence-electron chi connectivity index (χ1n) is 7.71. The van der Waals surface area contributed by atoms with Gasteiger partial charge >= 0.3 is 0 Å². The van der Waals surface area contributed by atoms with E-state index in [0.29, 0.717) is 18.0 Å². The quantitative estimate of drug-likeness (QED) is 0.795. The van der Waals surface area contributed by atoms with Crippen molar-refractivity contribution in [2.45, 2.75) is 19.4 Å². The fourth-order valence-corrected chi connectivity index (χ4v) is 3.08. The molecule has 2 amide bonds. The number of anilines is 2. The van der Waals surface area contributed by atoms with Crippen molar-refractivity contribution in [2.24, 2.45) is 0 Å². The van der Waals surface area contributed by atoms with Crippen molar-refractivity contribution in [1.29, 1.82) is 0 Å². The largest absolute Gasteiger partial charge is 0.492 e. The Kier molecular flexibility index (Phi) is 4.85. The number of halogens is 1. The van der Waals surface area contributed by atoms with Crippen molar-refractivity contribution in [3.8, 4) is 5.75 Å². The molecule has 1 heterocycles. The smallest absolute Gasteiger partial charge is 0.256 e. The Morgan fingerprint density at radius 2 is 1.88 bits per heavy atom. The summed E-state index contributed by atoms with van der Waals surface area (Å²) in [5.41, 5.74) is 1.27. The number of amides is 2. The van der Waals surface area contributed by atoms with E-state index in [1.54, 1.807) is 18.2 Å². The summed E-state index contributed by atoms with van der Waals surface area (Å²) in [6.45, 7) is 2.33. The number of para-hydroxylation sites is 3. The third kappa shape index (κ3) is 3.14. The van der Waals surface area contributed by atoms with E-state index >= 15 is 0 Å². The maximum atomic E-state index is 12.8. The fourth-order valence-electron chi connectivity index (χ4n) is 2.68. The highest BCUT2D eigenvalue weighted by Gasteiger charge is 2.40. The second kappa shape index (κ2) is 7.05. The number of nitrogens with zero attached hydrogens (tertiary/aromatic N) is 1. The summed E-state index contributed by atoms with van der Waals surface area (Å²) < 4.78 is 6.39. The summed E-state index contributed by atoms with van der Waals surface area (Å²) >= 11 is 3.44. The van der Waals surface area contributed by atoms with Gasteiger partial charge in [-0.15, -0.1) is 0 Å². The summed E-state index contributed by atoms with van der Waals surface area (Å²) in [5.74, 6) is 0.0165. The van der Waals surface area contributed by atoms with Crippen LogP contribution in [-0.2, 0) is 9.59 Å². The predicted molar refractivity (Wildman–Crippen MR) is 96.3 cm³/mol. The van der Waals surface area contributed by atoms with Crippen LogP contribution in [0, 0.1) is 0 Å². The van der Waals surface area contributed by atoms with E-state index < -0.39 is 6.04 Å². The minimum atomic E-state index is -0.592. The molecule has 3 rings (SSSR count). The second-order valence-electron chi connectivity index (χ2n) is 5.35. The monoisotopic (exact) mass is 388 g/mol. The topological polar surface area (TPSA) is 58.6 Å². The Morgan fingerprint density at radius 3 is 2.62 bits per heavy atom. The first kappa shape index (κ1) is 16.5. The summed E-state index contributed by atoms with van der Waals surface area (Å²) in [5, 5.41) is 3.14.